The van der Waals surface area contributed by atoms with E-state index in [0.717, 1.165) is 10.8 Å². The van der Waals surface area contributed by atoms with E-state index in [1.54, 1.807) is 0 Å². The van der Waals surface area contributed by atoms with Crippen LogP contribution in [0.4, 0.5) is 4.39 Å². The highest BCUT2D eigenvalue weighted by molar-refractivity contribution is 9.09. The summed E-state index contributed by atoms with van der Waals surface area (Å²) in [4.78, 5) is 24.2. The molecule has 106 valence electrons. The number of ether oxygens (including phenoxy) is 1. The van der Waals surface area contributed by atoms with Crippen molar-refractivity contribution < 1.29 is 19.3 Å². The third-order valence-corrected chi connectivity index (χ3v) is 3.93. The smallest absolute Gasteiger partial charge is 0.330 e. The number of hydrogen-bond donors (Lipinski definition) is 3. The first-order valence-corrected chi connectivity index (χ1v) is 6.40. The number of aliphatic hydroxyl groups is 2. The topological polar surface area (TPSA) is 105 Å². The molecule has 2 heterocycles. The molecule has 0 saturated carbocycles. The van der Waals surface area contributed by atoms with Gasteiger partial charge in [-0.3, -0.25) is 14.3 Å². The zero-order valence-corrected chi connectivity index (χ0v) is 11.2. The molecule has 1 aromatic heterocycles. The van der Waals surface area contributed by atoms with Gasteiger partial charge in [0.2, 0.25) is 0 Å². The van der Waals surface area contributed by atoms with Gasteiger partial charge in [-0.05, 0) is 0 Å². The van der Waals surface area contributed by atoms with Gasteiger partial charge in [-0.2, -0.15) is 0 Å². The quantitative estimate of drug-likeness (QED) is 0.614. The SMILES string of the molecule is O=c1[nH]c(=O)n([C@@H]2O[C@H](CO)[C@@H](O)C2Br)cc1CF. The van der Waals surface area contributed by atoms with Gasteiger partial charge in [0.05, 0.1) is 23.1 Å². The number of aliphatic hydroxyl groups excluding tert-OH is 2. The van der Waals surface area contributed by atoms with Crippen molar-refractivity contribution in [3.8, 4) is 0 Å². The number of rotatable bonds is 3. The molecule has 4 atom stereocenters. The Hall–Kier alpha value is -1.03. The van der Waals surface area contributed by atoms with Gasteiger partial charge in [0, 0.05) is 6.20 Å². The van der Waals surface area contributed by atoms with E-state index in [9.17, 15) is 19.1 Å². The maximum Gasteiger partial charge on any atom is 0.330 e. The van der Waals surface area contributed by atoms with E-state index in [2.05, 4.69) is 15.9 Å². The number of alkyl halides is 2. The number of halogens is 2. The summed E-state index contributed by atoms with van der Waals surface area (Å²) in [5.41, 5.74) is -1.79. The van der Waals surface area contributed by atoms with Gasteiger partial charge in [0.1, 0.15) is 12.8 Å². The summed E-state index contributed by atoms with van der Waals surface area (Å²) in [6, 6.07) is 0. The fourth-order valence-corrected chi connectivity index (χ4v) is 2.61. The Balaban J connectivity index is 2.43. The van der Waals surface area contributed by atoms with E-state index in [-0.39, 0.29) is 5.56 Å². The Morgan fingerprint density at radius 3 is 2.74 bits per heavy atom. The maximum atomic E-state index is 12.6. The first kappa shape index (κ1) is 14.4. The highest BCUT2D eigenvalue weighted by Crippen LogP contribution is 2.33. The van der Waals surface area contributed by atoms with Crippen LogP contribution in [-0.2, 0) is 11.4 Å². The molecule has 7 nitrogen and oxygen atoms in total. The zero-order valence-electron chi connectivity index (χ0n) is 9.62. The molecule has 1 aliphatic heterocycles. The number of hydrogen-bond acceptors (Lipinski definition) is 5. The molecule has 0 amide bonds. The van der Waals surface area contributed by atoms with Gasteiger partial charge in [0.15, 0.2) is 6.23 Å². The van der Waals surface area contributed by atoms with Gasteiger partial charge in [-0.25, -0.2) is 9.18 Å². The van der Waals surface area contributed by atoms with Crippen molar-refractivity contribution in [1.29, 1.82) is 0 Å². The van der Waals surface area contributed by atoms with Crippen LogP contribution in [0, 0.1) is 0 Å². The predicted molar refractivity (Wildman–Crippen MR) is 65.9 cm³/mol. The van der Waals surface area contributed by atoms with Gasteiger partial charge in [-0.15, -0.1) is 0 Å². The summed E-state index contributed by atoms with van der Waals surface area (Å²) in [6.07, 6.45) is -1.78. The van der Waals surface area contributed by atoms with Crippen LogP contribution in [-0.4, -0.2) is 43.4 Å². The Bertz CT molecular complexity index is 574. The molecule has 0 bridgehead atoms. The zero-order chi connectivity index (χ0) is 14.2. The Morgan fingerprint density at radius 2 is 2.21 bits per heavy atom. The molecule has 0 spiro atoms. The molecule has 1 saturated heterocycles. The molecule has 0 aromatic carbocycles. The summed E-state index contributed by atoms with van der Waals surface area (Å²) in [5, 5.41) is 18.8. The minimum absolute atomic E-state index is 0.218. The van der Waals surface area contributed by atoms with Crippen molar-refractivity contribution in [3.63, 3.8) is 0 Å². The molecule has 1 unspecified atom stereocenters. The van der Waals surface area contributed by atoms with Crippen molar-refractivity contribution in [2.24, 2.45) is 0 Å². The number of H-pyrrole nitrogens is 1. The lowest BCUT2D eigenvalue weighted by molar-refractivity contribution is -0.0457. The molecule has 1 aliphatic rings. The first-order valence-electron chi connectivity index (χ1n) is 5.48. The monoisotopic (exact) mass is 338 g/mol. The Morgan fingerprint density at radius 1 is 1.53 bits per heavy atom. The summed E-state index contributed by atoms with van der Waals surface area (Å²) in [6.45, 7) is -1.45. The molecule has 2 rings (SSSR count). The fourth-order valence-electron chi connectivity index (χ4n) is 1.89. The van der Waals surface area contributed by atoms with Crippen LogP contribution in [0.1, 0.15) is 11.8 Å². The fraction of sp³-hybridized carbons (Fsp3) is 0.600. The third kappa shape index (κ3) is 2.50. The van der Waals surface area contributed by atoms with Crippen LogP contribution in [0.15, 0.2) is 15.8 Å². The van der Waals surface area contributed by atoms with E-state index in [1.807, 2.05) is 4.98 Å². The van der Waals surface area contributed by atoms with Gasteiger partial charge >= 0.3 is 5.69 Å². The molecule has 0 radical (unpaired) electrons. The lowest BCUT2D eigenvalue weighted by Crippen LogP contribution is -2.36. The first-order chi connectivity index (χ1) is 8.99. The van der Waals surface area contributed by atoms with Gasteiger partial charge in [0.25, 0.3) is 5.56 Å². The average molecular weight is 339 g/mol. The van der Waals surface area contributed by atoms with Crippen molar-refractivity contribution in [2.75, 3.05) is 6.61 Å². The van der Waals surface area contributed by atoms with Crippen LogP contribution in [0.2, 0.25) is 0 Å². The molecule has 9 heteroatoms. The van der Waals surface area contributed by atoms with Crippen molar-refractivity contribution in [1.82, 2.24) is 9.55 Å². The van der Waals surface area contributed by atoms with Crippen molar-refractivity contribution in [3.05, 3.63) is 32.6 Å². The maximum absolute atomic E-state index is 12.6. The third-order valence-electron chi connectivity index (χ3n) is 2.93. The minimum atomic E-state index is -1.03. The van der Waals surface area contributed by atoms with E-state index < -0.39 is 47.8 Å². The van der Waals surface area contributed by atoms with E-state index in [1.165, 1.54) is 0 Å². The summed E-state index contributed by atoms with van der Waals surface area (Å²) in [7, 11) is 0. The van der Waals surface area contributed by atoms with E-state index >= 15 is 0 Å². The normalized spacial score (nSPS) is 30.7. The van der Waals surface area contributed by atoms with Crippen LogP contribution in [0.3, 0.4) is 0 Å². The van der Waals surface area contributed by atoms with Crippen LogP contribution >= 0.6 is 15.9 Å². The molecular formula is C10H12BrFN2O5. The highest BCUT2D eigenvalue weighted by Gasteiger charge is 2.43. The van der Waals surface area contributed by atoms with Gasteiger partial charge in [-0.1, -0.05) is 15.9 Å². The number of aromatic nitrogens is 2. The number of nitrogens with one attached hydrogen (secondary N) is 1. The molecule has 19 heavy (non-hydrogen) atoms. The molecule has 1 fully saturated rings. The Kier molecular flexibility index (Phi) is 4.19. The van der Waals surface area contributed by atoms with Crippen LogP contribution in [0.25, 0.3) is 0 Å². The van der Waals surface area contributed by atoms with Crippen molar-refractivity contribution in [2.45, 2.75) is 29.9 Å². The number of nitrogens with zero attached hydrogens (tertiary/aromatic N) is 1. The van der Waals surface area contributed by atoms with E-state index in [4.69, 9.17) is 9.84 Å². The highest BCUT2D eigenvalue weighted by atomic mass is 79.9. The van der Waals surface area contributed by atoms with E-state index in [0.29, 0.717) is 0 Å². The molecular weight excluding hydrogens is 327 g/mol. The molecule has 1 aromatic rings. The summed E-state index contributed by atoms with van der Waals surface area (Å²) < 4.78 is 18.9. The second-order valence-corrected chi connectivity index (χ2v) is 5.19. The summed E-state index contributed by atoms with van der Waals surface area (Å²) in [5.74, 6) is 0. The van der Waals surface area contributed by atoms with Crippen LogP contribution in [0.5, 0.6) is 0 Å². The Labute approximate surface area is 114 Å². The average Bonchev–Trinajstić information content (AvgIpc) is 2.67. The summed E-state index contributed by atoms with van der Waals surface area (Å²) >= 11 is 3.16. The number of aromatic amines is 1. The lowest BCUT2D eigenvalue weighted by atomic mass is 10.2. The minimum Gasteiger partial charge on any atom is -0.394 e. The largest absolute Gasteiger partial charge is 0.394 e. The lowest BCUT2D eigenvalue weighted by Gasteiger charge is -2.17. The van der Waals surface area contributed by atoms with Crippen molar-refractivity contribution >= 4 is 15.9 Å². The predicted octanol–water partition coefficient (Wildman–Crippen LogP) is -0.980. The second-order valence-electron chi connectivity index (χ2n) is 4.14. The van der Waals surface area contributed by atoms with Crippen LogP contribution < -0.4 is 11.2 Å². The molecule has 3 N–H and O–H groups in total. The van der Waals surface area contributed by atoms with Gasteiger partial charge < -0.3 is 14.9 Å². The molecule has 0 aliphatic carbocycles. The second kappa shape index (κ2) is 5.53. The standard InChI is InChI=1S/C10H12BrFN2O5/c11-6-7(16)5(3-15)19-9(6)14-2-4(1-12)8(17)13-10(14)18/h2,5-7,9,15-16H,1,3H2,(H,13,17,18)/t5-,6?,7-,9-/m1/s1.